The standard InChI is InChI=1S/C5H8N3/c1-4(2)5-3-6-8-7-5/h4H,1-2H3,(H,6,7,8). The Balaban J connectivity index is 2.77. The van der Waals surface area contributed by atoms with Gasteiger partial charge in [-0.05, 0) is 5.92 Å². The van der Waals surface area contributed by atoms with Gasteiger partial charge in [0.05, 0.1) is 5.69 Å². The van der Waals surface area contributed by atoms with Crippen molar-refractivity contribution in [2.24, 2.45) is 0 Å². The lowest BCUT2D eigenvalue weighted by Crippen LogP contribution is -1.85. The first-order valence-corrected chi connectivity index (χ1v) is 2.59. The van der Waals surface area contributed by atoms with E-state index in [9.17, 15) is 0 Å². The highest BCUT2D eigenvalue weighted by molar-refractivity contribution is 4.94. The highest BCUT2D eigenvalue weighted by Gasteiger charge is 1.98. The molecule has 0 spiro atoms. The fourth-order valence-electron chi connectivity index (χ4n) is 0.441. The highest BCUT2D eigenvalue weighted by atomic mass is 15.3. The lowest BCUT2D eigenvalue weighted by Gasteiger charge is -1.93. The van der Waals surface area contributed by atoms with Gasteiger partial charge in [-0.15, -0.1) is 5.10 Å². The van der Waals surface area contributed by atoms with Gasteiger partial charge in [0.15, 0.2) is 0 Å². The third-order valence-electron chi connectivity index (χ3n) is 0.968. The van der Waals surface area contributed by atoms with Crippen LogP contribution in [0.1, 0.15) is 25.5 Å². The predicted molar refractivity (Wildman–Crippen MR) is 29.3 cm³/mol. The van der Waals surface area contributed by atoms with E-state index in [4.69, 9.17) is 0 Å². The molecule has 0 aliphatic heterocycles. The van der Waals surface area contributed by atoms with Crippen LogP contribution in [0.15, 0.2) is 0 Å². The normalized spacial score (nSPS) is 10.4. The number of nitrogens with one attached hydrogen (secondary N) is 1. The molecule has 0 aliphatic rings. The molecule has 0 fully saturated rings. The molecule has 0 amide bonds. The van der Waals surface area contributed by atoms with Gasteiger partial charge in [0.25, 0.3) is 0 Å². The van der Waals surface area contributed by atoms with Crippen molar-refractivity contribution in [3.05, 3.63) is 11.9 Å². The second kappa shape index (κ2) is 1.94. The number of nitrogens with zero attached hydrogens (tertiary/aromatic N) is 2. The van der Waals surface area contributed by atoms with Crippen LogP contribution in [-0.2, 0) is 0 Å². The van der Waals surface area contributed by atoms with Crippen molar-refractivity contribution < 1.29 is 0 Å². The molecule has 3 heteroatoms. The minimum Gasteiger partial charge on any atom is -0.261 e. The van der Waals surface area contributed by atoms with Crippen LogP contribution >= 0.6 is 0 Å². The lowest BCUT2D eigenvalue weighted by molar-refractivity contribution is 0.803. The van der Waals surface area contributed by atoms with Gasteiger partial charge in [-0.3, -0.25) is 5.10 Å². The average Bonchev–Trinajstić information content (AvgIpc) is 2.12. The molecule has 1 heterocycles. The molecule has 1 aromatic rings. The Morgan fingerprint density at radius 2 is 2.38 bits per heavy atom. The quantitative estimate of drug-likeness (QED) is 0.579. The number of H-pyrrole nitrogens is 1. The summed E-state index contributed by atoms with van der Waals surface area (Å²) in [5.74, 6) is 0.449. The molecule has 0 unspecified atom stereocenters. The maximum Gasteiger partial charge on any atom is 0.138 e. The molecule has 0 aliphatic carbocycles. The fourth-order valence-corrected chi connectivity index (χ4v) is 0.441. The smallest absolute Gasteiger partial charge is 0.138 e. The molecule has 1 radical (unpaired) electrons. The van der Waals surface area contributed by atoms with Crippen molar-refractivity contribution in [2.75, 3.05) is 0 Å². The molecule has 8 heavy (non-hydrogen) atoms. The monoisotopic (exact) mass is 110 g/mol. The maximum atomic E-state index is 3.51. The number of hydrogen-bond acceptors (Lipinski definition) is 2. The van der Waals surface area contributed by atoms with Crippen molar-refractivity contribution in [3.63, 3.8) is 0 Å². The summed E-state index contributed by atoms with van der Waals surface area (Å²) in [6.45, 7) is 4.12. The number of aromatic nitrogens is 3. The third kappa shape index (κ3) is 0.857. The van der Waals surface area contributed by atoms with Crippen LogP contribution in [0.3, 0.4) is 0 Å². The van der Waals surface area contributed by atoms with Crippen molar-refractivity contribution >= 4 is 0 Å². The summed E-state index contributed by atoms with van der Waals surface area (Å²) >= 11 is 0. The molecule has 0 saturated carbocycles. The Morgan fingerprint density at radius 3 is 2.62 bits per heavy atom. The average molecular weight is 110 g/mol. The van der Waals surface area contributed by atoms with E-state index in [0.717, 1.165) is 5.69 Å². The first kappa shape index (κ1) is 5.28. The van der Waals surface area contributed by atoms with Gasteiger partial charge in [-0.2, -0.15) is 0 Å². The molecule has 0 bridgehead atoms. The molecular formula is C5H8N3. The Hall–Kier alpha value is -0.860. The molecule has 0 saturated heterocycles. The Bertz CT molecular complexity index is 143. The second-order valence-electron chi connectivity index (χ2n) is 1.99. The van der Waals surface area contributed by atoms with Gasteiger partial charge in [-0.25, -0.2) is 0 Å². The predicted octanol–water partition coefficient (Wildman–Crippen LogP) is 0.728. The van der Waals surface area contributed by atoms with Gasteiger partial charge in [0.1, 0.15) is 6.20 Å². The van der Waals surface area contributed by atoms with Crippen LogP contribution in [0.2, 0.25) is 0 Å². The molecule has 43 valence electrons. The van der Waals surface area contributed by atoms with E-state index in [1.807, 2.05) is 0 Å². The van der Waals surface area contributed by atoms with Crippen LogP contribution in [0.25, 0.3) is 0 Å². The largest absolute Gasteiger partial charge is 0.261 e. The van der Waals surface area contributed by atoms with Gasteiger partial charge in [-0.1, -0.05) is 19.1 Å². The van der Waals surface area contributed by atoms with E-state index in [1.165, 1.54) is 0 Å². The topological polar surface area (TPSA) is 41.6 Å². The zero-order valence-corrected chi connectivity index (χ0v) is 4.97. The minimum atomic E-state index is 0.449. The molecule has 1 rings (SSSR count). The van der Waals surface area contributed by atoms with Gasteiger partial charge in [0.2, 0.25) is 0 Å². The van der Waals surface area contributed by atoms with Gasteiger partial charge in [0, 0.05) is 0 Å². The molecule has 0 atom stereocenters. The molecule has 3 nitrogen and oxygen atoms in total. The van der Waals surface area contributed by atoms with Gasteiger partial charge < -0.3 is 0 Å². The van der Waals surface area contributed by atoms with E-state index in [1.54, 1.807) is 0 Å². The minimum absolute atomic E-state index is 0.449. The van der Waals surface area contributed by atoms with Gasteiger partial charge >= 0.3 is 0 Å². The molecular weight excluding hydrogens is 102 g/mol. The second-order valence-corrected chi connectivity index (χ2v) is 1.99. The van der Waals surface area contributed by atoms with Crippen LogP contribution < -0.4 is 0 Å². The van der Waals surface area contributed by atoms with Crippen molar-refractivity contribution in [2.45, 2.75) is 19.8 Å². The Kier molecular flexibility index (Phi) is 1.28. The summed E-state index contributed by atoms with van der Waals surface area (Å²) < 4.78 is 0. The summed E-state index contributed by atoms with van der Waals surface area (Å²) in [7, 11) is 0. The van der Waals surface area contributed by atoms with Crippen LogP contribution in [-0.4, -0.2) is 15.4 Å². The van der Waals surface area contributed by atoms with E-state index in [0.29, 0.717) is 5.92 Å². The first-order valence-electron chi connectivity index (χ1n) is 2.59. The summed E-state index contributed by atoms with van der Waals surface area (Å²) in [5, 5.41) is 9.75. The van der Waals surface area contributed by atoms with Crippen molar-refractivity contribution in [3.8, 4) is 0 Å². The summed E-state index contributed by atoms with van der Waals surface area (Å²) in [4.78, 5) is 0. The number of rotatable bonds is 1. The summed E-state index contributed by atoms with van der Waals surface area (Å²) in [5.41, 5.74) is 0.963. The molecule has 1 N–H and O–H groups in total. The van der Waals surface area contributed by atoms with Crippen LogP contribution in [0.5, 0.6) is 0 Å². The maximum absolute atomic E-state index is 3.51. The van der Waals surface area contributed by atoms with E-state index >= 15 is 0 Å². The number of hydrogen-bond donors (Lipinski definition) is 1. The Morgan fingerprint density at radius 1 is 1.62 bits per heavy atom. The van der Waals surface area contributed by atoms with E-state index in [2.05, 4.69) is 35.5 Å². The summed E-state index contributed by atoms with van der Waals surface area (Å²) in [6.07, 6.45) is 2.72. The SMILES string of the molecule is CC(C)c1[c]nn[nH]1. The highest BCUT2D eigenvalue weighted by Crippen LogP contribution is 2.05. The number of aromatic amines is 1. The Labute approximate surface area is 48.1 Å². The third-order valence-corrected chi connectivity index (χ3v) is 0.968. The van der Waals surface area contributed by atoms with Crippen LogP contribution in [0, 0.1) is 6.20 Å². The zero-order chi connectivity index (χ0) is 5.98. The first-order chi connectivity index (χ1) is 3.80. The zero-order valence-electron chi connectivity index (χ0n) is 4.97. The van der Waals surface area contributed by atoms with Crippen LogP contribution in [0.4, 0.5) is 0 Å². The summed E-state index contributed by atoms with van der Waals surface area (Å²) in [6, 6.07) is 0. The van der Waals surface area contributed by atoms with Crippen molar-refractivity contribution in [1.29, 1.82) is 0 Å². The molecule has 1 aromatic heterocycles. The molecule has 0 aromatic carbocycles. The fraction of sp³-hybridized carbons (Fsp3) is 0.600. The lowest BCUT2D eigenvalue weighted by atomic mass is 10.2. The van der Waals surface area contributed by atoms with E-state index in [-0.39, 0.29) is 0 Å². The van der Waals surface area contributed by atoms with E-state index < -0.39 is 0 Å². The van der Waals surface area contributed by atoms with Crippen molar-refractivity contribution in [1.82, 2.24) is 15.4 Å².